The number of Topliss-reactive ketones (excluding diaryl/α,β-unsaturated/α-hetero) is 1. The predicted molar refractivity (Wildman–Crippen MR) is 133 cm³/mol. The lowest BCUT2D eigenvalue weighted by atomic mass is 9.93. The number of benzene rings is 2. The number of aliphatic hydroxyl groups is 1. The summed E-state index contributed by atoms with van der Waals surface area (Å²) in [6.07, 6.45) is 5.04. The first-order chi connectivity index (χ1) is 16.9. The number of aryl methyl sites for hydroxylation is 1. The Morgan fingerprint density at radius 1 is 1.09 bits per heavy atom. The smallest absolute Gasteiger partial charge is 0.295 e. The number of fused-ring (bicyclic) bond motifs is 1. The number of anilines is 1. The van der Waals surface area contributed by atoms with Gasteiger partial charge in [-0.2, -0.15) is 0 Å². The van der Waals surface area contributed by atoms with E-state index in [0.29, 0.717) is 12.2 Å². The fourth-order valence-corrected chi connectivity index (χ4v) is 4.69. The third kappa shape index (κ3) is 4.25. The highest BCUT2D eigenvalue weighted by Gasteiger charge is 2.46. The van der Waals surface area contributed by atoms with Gasteiger partial charge in [-0.1, -0.05) is 12.1 Å². The van der Waals surface area contributed by atoms with Crippen LogP contribution in [0.2, 0.25) is 0 Å². The maximum absolute atomic E-state index is 13.3. The van der Waals surface area contributed by atoms with Gasteiger partial charge in [-0.15, -0.1) is 0 Å². The molecule has 0 radical (unpaired) electrons. The van der Waals surface area contributed by atoms with E-state index in [1.54, 1.807) is 18.5 Å². The van der Waals surface area contributed by atoms with Crippen molar-refractivity contribution in [2.45, 2.75) is 25.4 Å². The Hall–Kier alpha value is -4.13. The fourth-order valence-electron chi connectivity index (χ4n) is 4.69. The molecule has 1 amide bonds. The Bertz CT molecular complexity index is 1300. The molecule has 2 aliphatic rings. The van der Waals surface area contributed by atoms with Crippen LogP contribution in [0, 0.1) is 0 Å². The highest BCUT2D eigenvalue weighted by Crippen LogP contribution is 2.41. The third-order valence-corrected chi connectivity index (χ3v) is 6.55. The second kappa shape index (κ2) is 9.25. The van der Waals surface area contributed by atoms with Crippen LogP contribution in [-0.4, -0.2) is 47.4 Å². The van der Waals surface area contributed by atoms with E-state index in [1.807, 2.05) is 67.5 Å². The number of ether oxygens (including phenoxy) is 1. The lowest BCUT2D eigenvalue weighted by Gasteiger charge is -2.26. The molecule has 1 unspecified atom stereocenters. The molecule has 7 heteroatoms. The lowest BCUT2D eigenvalue weighted by Crippen LogP contribution is -2.29. The van der Waals surface area contributed by atoms with Crippen molar-refractivity contribution in [2.75, 3.05) is 25.6 Å². The van der Waals surface area contributed by atoms with Gasteiger partial charge in [0.1, 0.15) is 11.5 Å². The molecular weight excluding hydrogens is 442 g/mol. The Morgan fingerprint density at radius 3 is 2.54 bits per heavy atom. The monoisotopic (exact) mass is 469 g/mol. The number of aliphatic hydroxyl groups excluding tert-OH is 1. The molecule has 2 aliphatic heterocycles. The Balaban J connectivity index is 1.62. The number of pyridine rings is 1. The highest BCUT2D eigenvalue weighted by atomic mass is 16.5. The zero-order valence-corrected chi connectivity index (χ0v) is 19.8. The first-order valence-electron chi connectivity index (χ1n) is 11.6. The number of nitrogens with zero attached hydrogens (tertiary/aromatic N) is 3. The van der Waals surface area contributed by atoms with Gasteiger partial charge in [-0.3, -0.25) is 14.6 Å². The minimum atomic E-state index is -0.716. The Morgan fingerprint density at radius 2 is 1.83 bits per heavy atom. The van der Waals surface area contributed by atoms with Crippen LogP contribution in [0.3, 0.4) is 0 Å². The summed E-state index contributed by atoms with van der Waals surface area (Å²) >= 11 is 0. The van der Waals surface area contributed by atoms with Crippen LogP contribution >= 0.6 is 0 Å². The second-order valence-electron chi connectivity index (χ2n) is 9.04. The summed E-state index contributed by atoms with van der Waals surface area (Å²) in [4.78, 5) is 34.1. The molecular formula is C28H27N3O4. The van der Waals surface area contributed by atoms with Crippen molar-refractivity contribution in [1.29, 1.82) is 0 Å². The summed E-state index contributed by atoms with van der Waals surface area (Å²) < 4.78 is 5.69. The number of carbonyl (C=O) groups excluding carboxylic acids is 2. The van der Waals surface area contributed by atoms with E-state index in [1.165, 1.54) is 4.90 Å². The molecule has 0 saturated carbocycles. The number of ketones is 1. The average Bonchev–Trinajstić information content (AvgIpc) is 3.13. The van der Waals surface area contributed by atoms with Gasteiger partial charge in [0, 0.05) is 44.3 Å². The summed E-state index contributed by atoms with van der Waals surface area (Å²) in [5.41, 5.74) is 4.19. The van der Waals surface area contributed by atoms with Crippen molar-refractivity contribution in [2.24, 2.45) is 0 Å². The molecule has 3 heterocycles. The summed E-state index contributed by atoms with van der Waals surface area (Å²) in [5.74, 6) is -0.698. The van der Waals surface area contributed by atoms with E-state index in [0.717, 1.165) is 41.0 Å². The number of hydrogen-bond acceptors (Lipinski definition) is 6. The van der Waals surface area contributed by atoms with E-state index in [9.17, 15) is 14.7 Å². The molecule has 7 nitrogen and oxygen atoms in total. The SMILES string of the molecule is CN(C)c1ccc(C2/C(=C(/O)c3ccc4c(c3)CCCO4)C(=O)C(=O)N2Cc2ccncc2)cc1. The fraction of sp³-hybridized carbons (Fsp3) is 0.250. The molecule has 35 heavy (non-hydrogen) atoms. The molecule has 178 valence electrons. The van der Waals surface area contributed by atoms with Crippen molar-refractivity contribution in [3.8, 4) is 5.75 Å². The van der Waals surface area contributed by atoms with E-state index in [-0.39, 0.29) is 17.9 Å². The van der Waals surface area contributed by atoms with Gasteiger partial charge in [0.25, 0.3) is 11.7 Å². The van der Waals surface area contributed by atoms with Gasteiger partial charge in [0.15, 0.2) is 0 Å². The molecule has 1 atom stereocenters. The number of amides is 1. The number of rotatable bonds is 5. The van der Waals surface area contributed by atoms with Crippen molar-refractivity contribution in [3.05, 3.63) is 94.8 Å². The normalized spacial score (nSPS) is 18.8. The Labute approximate surface area is 204 Å². The van der Waals surface area contributed by atoms with E-state index >= 15 is 0 Å². The molecule has 0 bridgehead atoms. The van der Waals surface area contributed by atoms with Crippen LogP contribution in [0.15, 0.2) is 72.6 Å². The van der Waals surface area contributed by atoms with Crippen molar-refractivity contribution in [3.63, 3.8) is 0 Å². The first-order valence-corrected chi connectivity index (χ1v) is 11.6. The molecule has 3 aromatic rings. The lowest BCUT2D eigenvalue weighted by molar-refractivity contribution is -0.140. The maximum atomic E-state index is 13.3. The summed E-state index contributed by atoms with van der Waals surface area (Å²) in [6, 6.07) is 16.0. The van der Waals surface area contributed by atoms with Crippen LogP contribution in [0.25, 0.3) is 5.76 Å². The van der Waals surface area contributed by atoms with E-state index in [4.69, 9.17) is 4.74 Å². The van der Waals surface area contributed by atoms with E-state index < -0.39 is 17.7 Å². The topological polar surface area (TPSA) is 83.0 Å². The number of likely N-dealkylation sites (tertiary alicyclic amines) is 1. The largest absolute Gasteiger partial charge is 0.507 e. The van der Waals surface area contributed by atoms with Gasteiger partial charge in [-0.05, 0) is 72.0 Å². The molecule has 0 aliphatic carbocycles. The van der Waals surface area contributed by atoms with Crippen molar-refractivity contribution < 1.29 is 19.4 Å². The summed E-state index contributed by atoms with van der Waals surface area (Å²) in [5, 5.41) is 11.4. The van der Waals surface area contributed by atoms with Gasteiger partial charge in [0.05, 0.1) is 18.2 Å². The van der Waals surface area contributed by atoms with E-state index in [2.05, 4.69) is 4.98 Å². The molecule has 1 N–H and O–H groups in total. The predicted octanol–water partition coefficient (Wildman–Crippen LogP) is 4.09. The standard InChI is InChI=1S/C28H27N3O4/c1-30(2)22-8-5-19(6-9-22)25-24(26(32)21-7-10-23-20(16-21)4-3-15-35-23)27(33)28(34)31(25)17-18-11-13-29-14-12-18/h5-14,16,25,32H,3-4,15,17H2,1-2H3/b26-24-. The maximum Gasteiger partial charge on any atom is 0.295 e. The zero-order chi connectivity index (χ0) is 24.5. The van der Waals surface area contributed by atoms with Gasteiger partial charge >= 0.3 is 0 Å². The minimum Gasteiger partial charge on any atom is -0.507 e. The minimum absolute atomic E-state index is 0.0957. The van der Waals surface area contributed by atoms with Crippen LogP contribution in [-0.2, 0) is 22.6 Å². The first kappa shape index (κ1) is 22.7. The van der Waals surface area contributed by atoms with Crippen molar-refractivity contribution >= 4 is 23.1 Å². The quantitative estimate of drug-likeness (QED) is 0.344. The third-order valence-electron chi connectivity index (χ3n) is 6.55. The van der Waals surface area contributed by atoms with Crippen LogP contribution in [0.1, 0.15) is 34.7 Å². The van der Waals surface area contributed by atoms with Crippen LogP contribution < -0.4 is 9.64 Å². The molecule has 1 aromatic heterocycles. The molecule has 5 rings (SSSR count). The molecule has 2 aromatic carbocycles. The number of aromatic nitrogens is 1. The average molecular weight is 470 g/mol. The zero-order valence-electron chi connectivity index (χ0n) is 19.8. The summed E-state index contributed by atoms with van der Waals surface area (Å²) in [6.45, 7) is 0.892. The summed E-state index contributed by atoms with van der Waals surface area (Å²) in [7, 11) is 3.90. The van der Waals surface area contributed by atoms with Crippen LogP contribution in [0.4, 0.5) is 5.69 Å². The van der Waals surface area contributed by atoms with Gasteiger partial charge in [-0.25, -0.2) is 0 Å². The van der Waals surface area contributed by atoms with Gasteiger partial charge < -0.3 is 19.6 Å². The number of hydrogen-bond donors (Lipinski definition) is 1. The Kier molecular flexibility index (Phi) is 5.99. The van der Waals surface area contributed by atoms with Crippen LogP contribution in [0.5, 0.6) is 5.75 Å². The molecule has 1 saturated heterocycles. The highest BCUT2D eigenvalue weighted by molar-refractivity contribution is 6.46. The van der Waals surface area contributed by atoms with Gasteiger partial charge in [0.2, 0.25) is 0 Å². The van der Waals surface area contributed by atoms with Crippen molar-refractivity contribution in [1.82, 2.24) is 9.88 Å². The molecule has 0 spiro atoms. The molecule has 1 fully saturated rings. The number of carbonyl (C=O) groups is 2. The second-order valence-corrected chi connectivity index (χ2v) is 9.04.